The fourth-order valence-electron chi connectivity index (χ4n) is 4.25. The molecule has 0 saturated carbocycles. The summed E-state index contributed by atoms with van der Waals surface area (Å²) in [5.74, 6) is 0.922. The number of fused-ring (bicyclic) bond motifs is 1. The second kappa shape index (κ2) is 8.84. The monoisotopic (exact) mass is 409 g/mol. The lowest BCUT2D eigenvalue weighted by atomic mass is 10.0. The lowest BCUT2D eigenvalue weighted by Gasteiger charge is -2.40. The normalized spacial score (nSPS) is 16.6. The highest BCUT2D eigenvalue weighted by molar-refractivity contribution is 7.19. The number of thiophene rings is 1. The van der Waals surface area contributed by atoms with E-state index >= 15 is 0 Å². The molecule has 152 valence electrons. The molecule has 0 amide bonds. The summed E-state index contributed by atoms with van der Waals surface area (Å²) in [6.07, 6.45) is 2.33. The van der Waals surface area contributed by atoms with E-state index in [-0.39, 0.29) is 6.04 Å². The van der Waals surface area contributed by atoms with Gasteiger partial charge in [-0.15, -0.1) is 16.5 Å². The van der Waals surface area contributed by atoms with Crippen LogP contribution in [-0.2, 0) is 0 Å². The summed E-state index contributed by atoms with van der Waals surface area (Å²) < 4.78 is 6.86. The first-order valence-electron chi connectivity index (χ1n) is 9.99. The van der Waals surface area contributed by atoms with Gasteiger partial charge in [-0.25, -0.2) is 0 Å². The Balaban J connectivity index is 1.56. The molecule has 1 N–H and O–H groups in total. The molecule has 3 aromatic rings. The van der Waals surface area contributed by atoms with Crippen molar-refractivity contribution >= 4 is 33.3 Å². The third kappa shape index (κ3) is 3.95. The second-order valence-electron chi connectivity index (χ2n) is 7.33. The summed E-state index contributed by atoms with van der Waals surface area (Å²) in [4.78, 5) is 6.28. The number of para-hydroxylation sites is 2. The van der Waals surface area contributed by atoms with Gasteiger partial charge in [0.05, 0.1) is 12.8 Å². The van der Waals surface area contributed by atoms with E-state index in [1.165, 1.54) is 20.5 Å². The molecular formula is C23H27N3O2S. The zero-order chi connectivity index (χ0) is 20.2. The number of benzene rings is 2. The van der Waals surface area contributed by atoms with E-state index in [2.05, 4.69) is 58.3 Å². The third-order valence-corrected chi connectivity index (χ3v) is 7.15. The molecule has 29 heavy (non-hydrogen) atoms. The van der Waals surface area contributed by atoms with Gasteiger partial charge in [-0.05, 0) is 36.1 Å². The molecule has 4 rings (SSSR count). The summed E-state index contributed by atoms with van der Waals surface area (Å²) in [6.45, 7) is 6.00. The summed E-state index contributed by atoms with van der Waals surface area (Å²) in [7, 11) is 1.73. The minimum absolute atomic E-state index is 0.225. The van der Waals surface area contributed by atoms with Crippen LogP contribution in [0.2, 0.25) is 0 Å². The van der Waals surface area contributed by atoms with Crippen molar-refractivity contribution in [3.05, 3.63) is 59.0 Å². The Morgan fingerprint density at radius 3 is 2.55 bits per heavy atom. The van der Waals surface area contributed by atoms with E-state index in [0.717, 1.165) is 37.6 Å². The van der Waals surface area contributed by atoms with Crippen LogP contribution in [0.25, 0.3) is 10.1 Å². The molecule has 2 aromatic carbocycles. The number of methoxy groups -OCH3 is 1. The Morgan fingerprint density at radius 1 is 1.10 bits per heavy atom. The lowest BCUT2D eigenvalue weighted by molar-refractivity contribution is 0.191. The molecule has 1 aliphatic heterocycles. The first-order chi connectivity index (χ1) is 14.2. The van der Waals surface area contributed by atoms with Gasteiger partial charge in [-0.2, -0.15) is 0 Å². The van der Waals surface area contributed by atoms with E-state index < -0.39 is 0 Å². The molecule has 2 heterocycles. The number of piperazine rings is 1. The van der Waals surface area contributed by atoms with Crippen LogP contribution in [0.5, 0.6) is 5.75 Å². The predicted octanol–water partition coefficient (Wildman–Crippen LogP) is 4.93. The van der Waals surface area contributed by atoms with Crippen molar-refractivity contribution in [3.8, 4) is 5.75 Å². The van der Waals surface area contributed by atoms with Crippen molar-refractivity contribution in [1.29, 1.82) is 0 Å². The molecule has 0 bridgehead atoms. The number of anilines is 1. The van der Waals surface area contributed by atoms with Crippen LogP contribution in [-0.4, -0.2) is 49.6 Å². The molecule has 6 heteroatoms. The molecule has 5 nitrogen and oxygen atoms in total. The van der Waals surface area contributed by atoms with Gasteiger partial charge in [0.1, 0.15) is 5.75 Å². The molecule has 1 aliphatic rings. The van der Waals surface area contributed by atoms with Gasteiger partial charge in [0.2, 0.25) is 0 Å². The summed E-state index contributed by atoms with van der Waals surface area (Å²) in [5, 5.41) is 13.7. The van der Waals surface area contributed by atoms with Crippen LogP contribution in [0.1, 0.15) is 22.9 Å². The van der Waals surface area contributed by atoms with Gasteiger partial charge in [0.15, 0.2) is 0 Å². The van der Waals surface area contributed by atoms with Crippen molar-refractivity contribution in [1.82, 2.24) is 4.90 Å². The van der Waals surface area contributed by atoms with Crippen molar-refractivity contribution < 1.29 is 9.94 Å². The Kier molecular flexibility index (Phi) is 6.02. The predicted molar refractivity (Wildman–Crippen MR) is 121 cm³/mol. The molecule has 0 spiro atoms. The smallest absolute Gasteiger partial charge is 0.142 e. The Bertz CT molecular complexity index is 993. The molecule has 1 fully saturated rings. The summed E-state index contributed by atoms with van der Waals surface area (Å²) in [5.41, 5.74) is 2.50. The first-order valence-corrected chi connectivity index (χ1v) is 10.8. The molecule has 0 aliphatic carbocycles. The van der Waals surface area contributed by atoms with Crippen LogP contribution >= 0.6 is 11.3 Å². The number of hydrogen-bond acceptors (Lipinski definition) is 6. The fourth-order valence-corrected chi connectivity index (χ4v) is 5.60. The SMILES string of the molecule is COc1ccccc1N1CCN(C(CC=NO)c2sc3ccccc3c2C)CC1. The lowest BCUT2D eigenvalue weighted by Crippen LogP contribution is -2.47. The highest BCUT2D eigenvalue weighted by atomic mass is 32.1. The quantitative estimate of drug-likeness (QED) is 0.356. The largest absolute Gasteiger partial charge is 0.495 e. The maximum atomic E-state index is 9.05. The van der Waals surface area contributed by atoms with Crippen molar-refractivity contribution in [2.75, 3.05) is 38.2 Å². The maximum absolute atomic E-state index is 9.05. The van der Waals surface area contributed by atoms with Crippen molar-refractivity contribution in [2.24, 2.45) is 5.16 Å². The van der Waals surface area contributed by atoms with Gasteiger partial charge in [0.25, 0.3) is 0 Å². The van der Waals surface area contributed by atoms with E-state index in [9.17, 15) is 0 Å². The minimum Gasteiger partial charge on any atom is -0.495 e. The Labute approximate surface area is 175 Å². The minimum atomic E-state index is 0.225. The van der Waals surface area contributed by atoms with E-state index in [1.54, 1.807) is 13.3 Å². The average Bonchev–Trinajstić information content (AvgIpc) is 3.11. The van der Waals surface area contributed by atoms with Crippen LogP contribution in [0.15, 0.2) is 53.7 Å². The van der Waals surface area contributed by atoms with Crippen molar-refractivity contribution in [2.45, 2.75) is 19.4 Å². The molecular weight excluding hydrogens is 382 g/mol. The standard InChI is InChI=1S/C23H27N3O2S/c1-17-18-7-3-6-10-22(18)29-23(17)20(11-12-24-27)26-15-13-25(14-16-26)19-8-4-5-9-21(19)28-2/h3-10,12,20,27H,11,13-16H2,1-2H3. The summed E-state index contributed by atoms with van der Waals surface area (Å²) >= 11 is 1.86. The van der Waals surface area contributed by atoms with Crippen LogP contribution < -0.4 is 9.64 Å². The topological polar surface area (TPSA) is 48.3 Å². The number of rotatable bonds is 6. The van der Waals surface area contributed by atoms with E-state index in [0.29, 0.717) is 6.42 Å². The Hall–Kier alpha value is -2.57. The van der Waals surface area contributed by atoms with Crippen molar-refractivity contribution in [3.63, 3.8) is 0 Å². The number of ether oxygens (including phenoxy) is 1. The number of aryl methyl sites for hydroxylation is 1. The number of oxime groups is 1. The number of nitrogens with zero attached hydrogens (tertiary/aromatic N) is 3. The van der Waals surface area contributed by atoms with Crippen LogP contribution in [0.3, 0.4) is 0 Å². The Morgan fingerprint density at radius 2 is 1.83 bits per heavy atom. The molecule has 1 atom stereocenters. The number of hydrogen-bond donors (Lipinski definition) is 1. The van der Waals surface area contributed by atoms with Gasteiger partial charge in [0, 0.05) is 54.4 Å². The fraction of sp³-hybridized carbons (Fsp3) is 0.348. The molecule has 0 radical (unpaired) electrons. The second-order valence-corrected chi connectivity index (χ2v) is 8.42. The highest BCUT2D eigenvalue weighted by Gasteiger charge is 2.28. The van der Waals surface area contributed by atoms with Gasteiger partial charge in [-0.1, -0.05) is 30.3 Å². The highest BCUT2D eigenvalue weighted by Crippen LogP contribution is 2.39. The zero-order valence-electron chi connectivity index (χ0n) is 16.9. The van der Waals surface area contributed by atoms with Gasteiger partial charge >= 0.3 is 0 Å². The van der Waals surface area contributed by atoms with Crippen LogP contribution in [0.4, 0.5) is 5.69 Å². The third-order valence-electron chi connectivity index (χ3n) is 5.77. The molecule has 1 saturated heterocycles. The maximum Gasteiger partial charge on any atom is 0.142 e. The van der Waals surface area contributed by atoms with E-state index in [4.69, 9.17) is 9.94 Å². The molecule has 1 aromatic heterocycles. The first kappa shape index (κ1) is 19.7. The zero-order valence-corrected chi connectivity index (χ0v) is 17.7. The van der Waals surface area contributed by atoms with Crippen LogP contribution in [0, 0.1) is 6.92 Å². The molecule has 1 unspecified atom stereocenters. The average molecular weight is 410 g/mol. The summed E-state index contributed by atoms with van der Waals surface area (Å²) in [6, 6.07) is 17.0. The van der Waals surface area contributed by atoms with E-state index in [1.807, 2.05) is 23.5 Å². The van der Waals surface area contributed by atoms with Gasteiger partial charge < -0.3 is 14.8 Å². The van der Waals surface area contributed by atoms with Gasteiger partial charge in [-0.3, -0.25) is 4.90 Å².